The minimum absolute atomic E-state index is 0.00942. The van der Waals surface area contributed by atoms with Crippen LogP contribution in [0.3, 0.4) is 0 Å². The van der Waals surface area contributed by atoms with Crippen LogP contribution >= 0.6 is 11.6 Å². The molecule has 9 nitrogen and oxygen atoms in total. The van der Waals surface area contributed by atoms with E-state index in [1.807, 2.05) is 30.3 Å². The molecule has 1 fully saturated rings. The molecule has 1 aliphatic heterocycles. The van der Waals surface area contributed by atoms with E-state index in [4.69, 9.17) is 16.3 Å². The van der Waals surface area contributed by atoms with E-state index in [9.17, 15) is 21.6 Å². The molecule has 0 aliphatic carbocycles. The van der Waals surface area contributed by atoms with Crippen molar-refractivity contribution in [2.24, 2.45) is 0 Å². The third kappa shape index (κ3) is 7.19. The summed E-state index contributed by atoms with van der Waals surface area (Å²) in [7, 11) is -7.63. The van der Waals surface area contributed by atoms with Crippen LogP contribution in [0.2, 0.25) is 5.02 Å². The standard InChI is InChI=1S/C26H28ClN3O6S2/c27-22-8-12-23(13-9-22)37(32,33)29-25(18-20-4-2-1-3-5-20)26(31)28-19-21-6-10-24(11-7-21)38(34,35)30-14-16-36-17-15-30/h1-13,25,29H,14-19H2,(H,28,31). The van der Waals surface area contributed by atoms with Crippen molar-refractivity contribution < 1.29 is 26.4 Å². The number of amides is 1. The van der Waals surface area contributed by atoms with Crippen LogP contribution in [0.25, 0.3) is 0 Å². The van der Waals surface area contributed by atoms with Gasteiger partial charge in [-0.1, -0.05) is 54.1 Å². The number of rotatable bonds is 10. The number of morpholine rings is 1. The molecule has 0 bridgehead atoms. The number of sulfonamides is 2. The predicted molar refractivity (Wildman–Crippen MR) is 144 cm³/mol. The normalized spacial score (nSPS) is 15.6. The molecule has 0 spiro atoms. The van der Waals surface area contributed by atoms with Gasteiger partial charge in [-0.15, -0.1) is 0 Å². The number of hydrogen-bond donors (Lipinski definition) is 2. The van der Waals surface area contributed by atoms with Gasteiger partial charge in [-0.2, -0.15) is 9.03 Å². The molecule has 3 aromatic carbocycles. The first-order chi connectivity index (χ1) is 18.1. The molecule has 0 radical (unpaired) electrons. The van der Waals surface area contributed by atoms with E-state index in [2.05, 4.69) is 10.0 Å². The molecule has 2 N–H and O–H groups in total. The Hall–Kier alpha value is -2.80. The maximum absolute atomic E-state index is 13.1. The van der Waals surface area contributed by atoms with E-state index in [0.29, 0.717) is 36.9 Å². The summed E-state index contributed by atoms with van der Waals surface area (Å²) in [5, 5.41) is 3.16. The molecule has 1 heterocycles. The van der Waals surface area contributed by atoms with Crippen LogP contribution in [0.15, 0.2) is 88.7 Å². The first-order valence-electron chi connectivity index (χ1n) is 11.9. The third-order valence-corrected chi connectivity index (χ3v) is 9.67. The molecule has 0 saturated carbocycles. The first-order valence-corrected chi connectivity index (χ1v) is 15.2. The molecule has 202 valence electrons. The van der Waals surface area contributed by atoms with Crippen LogP contribution in [-0.4, -0.2) is 59.4 Å². The van der Waals surface area contributed by atoms with Crippen molar-refractivity contribution >= 4 is 37.6 Å². The van der Waals surface area contributed by atoms with Gasteiger partial charge in [-0.3, -0.25) is 4.79 Å². The highest BCUT2D eigenvalue weighted by atomic mass is 35.5. The molecule has 38 heavy (non-hydrogen) atoms. The number of nitrogens with zero attached hydrogens (tertiary/aromatic N) is 1. The van der Waals surface area contributed by atoms with Crippen molar-refractivity contribution in [3.8, 4) is 0 Å². The lowest BCUT2D eigenvalue weighted by molar-refractivity contribution is -0.122. The van der Waals surface area contributed by atoms with Crippen molar-refractivity contribution in [2.75, 3.05) is 26.3 Å². The SMILES string of the molecule is O=C(NCc1ccc(S(=O)(=O)N2CCOCC2)cc1)C(Cc1ccccc1)NS(=O)(=O)c1ccc(Cl)cc1. The molecule has 1 unspecified atom stereocenters. The van der Waals surface area contributed by atoms with E-state index in [0.717, 1.165) is 5.56 Å². The highest BCUT2D eigenvalue weighted by molar-refractivity contribution is 7.89. The molecule has 1 aliphatic rings. The number of nitrogens with one attached hydrogen (secondary N) is 2. The zero-order chi connectivity index (χ0) is 27.2. The summed E-state index contributed by atoms with van der Waals surface area (Å²) in [5.41, 5.74) is 1.45. The zero-order valence-corrected chi connectivity index (χ0v) is 22.8. The molecule has 12 heteroatoms. The Morgan fingerprint density at radius 1 is 0.842 bits per heavy atom. The molecule has 1 amide bonds. The molecule has 1 saturated heterocycles. The number of hydrogen-bond acceptors (Lipinski definition) is 6. The monoisotopic (exact) mass is 577 g/mol. The molecular weight excluding hydrogens is 550 g/mol. The van der Waals surface area contributed by atoms with Gasteiger partial charge in [0.2, 0.25) is 26.0 Å². The second-order valence-corrected chi connectivity index (χ2v) is 12.8. The van der Waals surface area contributed by atoms with Gasteiger partial charge in [0.25, 0.3) is 0 Å². The van der Waals surface area contributed by atoms with Gasteiger partial charge in [-0.25, -0.2) is 16.8 Å². The number of benzene rings is 3. The average Bonchev–Trinajstić information content (AvgIpc) is 2.93. The van der Waals surface area contributed by atoms with Gasteiger partial charge in [0, 0.05) is 24.7 Å². The van der Waals surface area contributed by atoms with Crippen LogP contribution < -0.4 is 10.0 Å². The Morgan fingerprint density at radius 2 is 1.45 bits per heavy atom. The fourth-order valence-electron chi connectivity index (χ4n) is 3.93. The lowest BCUT2D eigenvalue weighted by atomic mass is 10.1. The lowest BCUT2D eigenvalue weighted by Crippen LogP contribution is -2.47. The summed E-state index contributed by atoms with van der Waals surface area (Å²) >= 11 is 5.88. The third-order valence-electron chi connectivity index (χ3n) is 6.02. The smallest absolute Gasteiger partial charge is 0.243 e. The van der Waals surface area contributed by atoms with E-state index in [1.54, 1.807) is 12.1 Å². The fraction of sp³-hybridized carbons (Fsp3) is 0.269. The van der Waals surface area contributed by atoms with Crippen LogP contribution in [0.4, 0.5) is 0 Å². The average molecular weight is 578 g/mol. The number of halogens is 1. The highest BCUT2D eigenvalue weighted by Crippen LogP contribution is 2.18. The lowest BCUT2D eigenvalue weighted by Gasteiger charge is -2.26. The van der Waals surface area contributed by atoms with Crippen molar-refractivity contribution in [2.45, 2.75) is 28.8 Å². The maximum Gasteiger partial charge on any atom is 0.243 e. The minimum Gasteiger partial charge on any atom is -0.379 e. The number of carbonyl (C=O) groups excluding carboxylic acids is 1. The van der Waals surface area contributed by atoms with Gasteiger partial charge in [0.15, 0.2) is 0 Å². The molecule has 1 atom stereocenters. The summed E-state index contributed by atoms with van der Waals surface area (Å²) in [6.07, 6.45) is 0.135. The quantitative estimate of drug-likeness (QED) is 0.382. The summed E-state index contributed by atoms with van der Waals surface area (Å²) in [5.74, 6) is -0.517. The van der Waals surface area contributed by atoms with Crippen LogP contribution in [0.5, 0.6) is 0 Å². The highest BCUT2D eigenvalue weighted by Gasteiger charge is 2.27. The van der Waals surface area contributed by atoms with Gasteiger partial charge in [-0.05, 0) is 53.9 Å². The molecule has 0 aromatic heterocycles. The Bertz CT molecular complexity index is 1440. The summed E-state index contributed by atoms with van der Waals surface area (Å²) in [4.78, 5) is 13.3. The van der Waals surface area contributed by atoms with Gasteiger partial charge in [0.05, 0.1) is 23.0 Å². The van der Waals surface area contributed by atoms with Crippen molar-refractivity contribution in [3.05, 3.63) is 95.0 Å². The minimum atomic E-state index is -4.01. The largest absolute Gasteiger partial charge is 0.379 e. The van der Waals surface area contributed by atoms with E-state index in [1.165, 1.54) is 40.7 Å². The molecule has 4 rings (SSSR count). The number of ether oxygens (including phenoxy) is 1. The van der Waals surface area contributed by atoms with E-state index >= 15 is 0 Å². The fourth-order valence-corrected chi connectivity index (χ4v) is 6.66. The number of carbonyl (C=O) groups is 1. The van der Waals surface area contributed by atoms with Crippen molar-refractivity contribution in [3.63, 3.8) is 0 Å². The Kier molecular flexibility index (Phi) is 9.19. The summed E-state index contributed by atoms with van der Waals surface area (Å²) in [6.45, 7) is 1.40. The summed E-state index contributed by atoms with van der Waals surface area (Å²) < 4.78 is 60.7. The zero-order valence-electron chi connectivity index (χ0n) is 20.4. The second kappa shape index (κ2) is 12.4. The van der Waals surface area contributed by atoms with Crippen molar-refractivity contribution in [1.29, 1.82) is 0 Å². The van der Waals surface area contributed by atoms with Crippen LogP contribution in [0.1, 0.15) is 11.1 Å². The van der Waals surface area contributed by atoms with Crippen LogP contribution in [-0.2, 0) is 42.5 Å². The molecule has 3 aromatic rings. The predicted octanol–water partition coefficient (Wildman–Crippen LogP) is 2.57. The maximum atomic E-state index is 13.1. The second-order valence-electron chi connectivity index (χ2n) is 8.70. The van der Waals surface area contributed by atoms with Gasteiger partial charge >= 0.3 is 0 Å². The molecular formula is C26H28ClN3O6S2. The Balaban J connectivity index is 1.45. The van der Waals surface area contributed by atoms with E-state index < -0.39 is 32.0 Å². The van der Waals surface area contributed by atoms with Gasteiger partial charge in [0.1, 0.15) is 6.04 Å². The van der Waals surface area contributed by atoms with Crippen LogP contribution in [0, 0.1) is 0 Å². The Labute approximate surface area is 227 Å². The first kappa shape index (κ1) is 28.2. The topological polar surface area (TPSA) is 122 Å². The summed E-state index contributed by atoms with van der Waals surface area (Å²) in [6, 6.07) is 19.9. The van der Waals surface area contributed by atoms with E-state index in [-0.39, 0.29) is 22.8 Å². The Morgan fingerprint density at radius 3 is 2.08 bits per heavy atom. The van der Waals surface area contributed by atoms with Crippen molar-refractivity contribution in [1.82, 2.24) is 14.3 Å². The van der Waals surface area contributed by atoms with Gasteiger partial charge < -0.3 is 10.1 Å².